The summed E-state index contributed by atoms with van der Waals surface area (Å²) >= 11 is 5.21. The molecule has 0 radical (unpaired) electrons. The van der Waals surface area contributed by atoms with Crippen molar-refractivity contribution in [3.8, 4) is 0 Å². The van der Waals surface area contributed by atoms with Crippen LogP contribution in [-0.4, -0.2) is 45.4 Å². The van der Waals surface area contributed by atoms with Crippen LogP contribution in [0.15, 0.2) is 0 Å². The Morgan fingerprint density at radius 1 is 0.889 bits per heavy atom. The summed E-state index contributed by atoms with van der Waals surface area (Å²) in [6.45, 7) is 0. The van der Waals surface area contributed by atoms with Gasteiger partial charge in [0.2, 0.25) is 0 Å². The predicted octanol–water partition coefficient (Wildman–Crippen LogP) is 1.42. The molecule has 0 unspecified atom stereocenters. The Kier molecular flexibility index (Phi) is 5.30. The van der Waals surface area contributed by atoms with Crippen LogP contribution < -0.4 is 0 Å². The van der Waals surface area contributed by atoms with E-state index in [2.05, 4.69) is 71.7 Å². The molecular weight excluding hydrogens is 449 g/mol. The molecule has 0 rings (SSSR count). The van der Waals surface area contributed by atoms with E-state index in [1.165, 1.54) is 0 Å². The maximum absolute atomic E-state index is 2.60. The van der Waals surface area contributed by atoms with E-state index in [9.17, 15) is 0 Å². The van der Waals surface area contributed by atoms with Crippen LogP contribution in [0.25, 0.3) is 0 Å². The van der Waals surface area contributed by atoms with E-state index in [1.807, 2.05) is 0 Å². The van der Waals surface area contributed by atoms with Gasteiger partial charge in [0.1, 0.15) is 0 Å². The van der Waals surface area contributed by atoms with Crippen molar-refractivity contribution in [1.29, 1.82) is 0 Å². The molecular formula is C4H12I2N2Sn. The van der Waals surface area contributed by atoms with Crippen LogP contribution in [-0.2, 0) is 0 Å². The Balaban J connectivity index is 4.01. The fourth-order valence-corrected chi connectivity index (χ4v) is 2.68. The molecule has 0 aromatic rings. The van der Waals surface area contributed by atoms with Gasteiger partial charge in [-0.2, -0.15) is 0 Å². The zero-order valence-corrected chi connectivity index (χ0v) is 13.3. The Bertz CT molecular complexity index is 84.6. The van der Waals surface area contributed by atoms with Gasteiger partial charge < -0.3 is 0 Å². The molecule has 0 N–H and O–H groups in total. The van der Waals surface area contributed by atoms with Gasteiger partial charge in [0.05, 0.1) is 0 Å². The van der Waals surface area contributed by atoms with Crippen LogP contribution in [0.4, 0.5) is 0 Å². The normalized spacial score (nSPS) is 13.3. The van der Waals surface area contributed by atoms with Gasteiger partial charge in [-0.1, -0.05) is 0 Å². The molecule has 0 aromatic heterocycles. The molecule has 2 nitrogen and oxygen atoms in total. The fourth-order valence-electron chi connectivity index (χ4n) is 0.400. The quantitative estimate of drug-likeness (QED) is 0.454. The van der Waals surface area contributed by atoms with Crippen LogP contribution >= 0.6 is 37.3 Å². The summed E-state index contributed by atoms with van der Waals surface area (Å²) in [6, 6.07) is 0. The van der Waals surface area contributed by atoms with E-state index in [0.29, 0.717) is 0 Å². The van der Waals surface area contributed by atoms with Crippen molar-refractivity contribution in [3.05, 3.63) is 0 Å². The van der Waals surface area contributed by atoms with Gasteiger partial charge in [0, 0.05) is 0 Å². The first-order valence-electron chi connectivity index (χ1n) is 2.61. The van der Waals surface area contributed by atoms with Gasteiger partial charge in [-0.3, -0.25) is 0 Å². The third-order valence-corrected chi connectivity index (χ3v) is 33.1. The van der Waals surface area contributed by atoms with Crippen molar-refractivity contribution >= 4 is 48.3 Å². The number of rotatable bonds is 2. The van der Waals surface area contributed by atoms with Crippen molar-refractivity contribution in [1.82, 2.24) is 6.24 Å². The second kappa shape index (κ2) is 4.27. The molecule has 56 valence electrons. The van der Waals surface area contributed by atoms with Gasteiger partial charge >= 0.3 is 82.7 Å². The van der Waals surface area contributed by atoms with Gasteiger partial charge in [0.15, 0.2) is 0 Å². The minimum atomic E-state index is -1.95. The van der Waals surface area contributed by atoms with Crippen LogP contribution in [0.1, 0.15) is 0 Å². The molecule has 9 heavy (non-hydrogen) atoms. The van der Waals surface area contributed by atoms with Crippen LogP contribution in [0.5, 0.6) is 0 Å². The Labute approximate surface area is 81.3 Å². The summed E-state index contributed by atoms with van der Waals surface area (Å²) in [5.74, 6) is 0. The average molecular weight is 461 g/mol. The first kappa shape index (κ1) is 11.2. The molecule has 0 aliphatic heterocycles. The maximum atomic E-state index is 2.60. The average Bonchev–Trinajstić information content (AvgIpc) is 1.65. The summed E-state index contributed by atoms with van der Waals surface area (Å²) in [7, 11) is 6.70. The summed E-state index contributed by atoms with van der Waals surface area (Å²) < 4.78 is 4.74. The summed E-state index contributed by atoms with van der Waals surface area (Å²) in [5, 5.41) is 0. The van der Waals surface area contributed by atoms with Gasteiger partial charge in [-0.25, -0.2) is 0 Å². The topological polar surface area (TPSA) is 6.48 Å². The first-order valence-corrected chi connectivity index (χ1v) is 21.8. The molecule has 0 spiro atoms. The van der Waals surface area contributed by atoms with E-state index in [0.717, 1.165) is 0 Å². The molecule has 0 saturated carbocycles. The molecule has 0 saturated heterocycles. The van der Waals surface area contributed by atoms with Crippen molar-refractivity contribution in [2.75, 3.05) is 28.2 Å². The monoisotopic (exact) mass is 462 g/mol. The Morgan fingerprint density at radius 2 is 1.11 bits per heavy atom. The zero-order chi connectivity index (χ0) is 7.65. The third-order valence-electron chi connectivity index (χ3n) is 1.08. The van der Waals surface area contributed by atoms with E-state index < -0.39 is 11.0 Å². The Morgan fingerprint density at radius 3 is 1.11 bits per heavy atom. The Hall–Kier alpha value is 2.18. The molecule has 0 bridgehead atoms. The summed E-state index contributed by atoms with van der Waals surface area (Å²) in [4.78, 5) is 0. The molecule has 5 heteroatoms. The van der Waals surface area contributed by atoms with Crippen LogP contribution in [0, 0.1) is 0 Å². The standard InChI is InChI=1S/2C2H6N.2HI.Sn/c2*1-3-2;;;/h2*1-2H3;2*1H;/q2*-1;;;+4/p-2. The molecule has 0 aliphatic rings. The van der Waals surface area contributed by atoms with Crippen molar-refractivity contribution in [2.24, 2.45) is 0 Å². The van der Waals surface area contributed by atoms with Crippen molar-refractivity contribution in [3.63, 3.8) is 0 Å². The van der Waals surface area contributed by atoms with Crippen molar-refractivity contribution < 1.29 is 0 Å². The van der Waals surface area contributed by atoms with E-state index in [-0.39, 0.29) is 0 Å². The van der Waals surface area contributed by atoms with Crippen LogP contribution in [0.3, 0.4) is 0 Å². The van der Waals surface area contributed by atoms with Gasteiger partial charge in [0.25, 0.3) is 0 Å². The minimum absolute atomic E-state index is 1.95. The predicted molar refractivity (Wildman–Crippen MR) is 61.2 cm³/mol. The second-order valence-corrected chi connectivity index (χ2v) is 44.3. The molecule has 0 aliphatic carbocycles. The van der Waals surface area contributed by atoms with E-state index >= 15 is 0 Å². The fraction of sp³-hybridized carbons (Fsp3) is 1.00. The summed E-state index contributed by atoms with van der Waals surface area (Å²) in [6.07, 6.45) is 0. The molecule has 0 aromatic carbocycles. The number of hydrogen-bond acceptors (Lipinski definition) is 2. The molecule has 0 atom stereocenters. The number of halogens is 2. The SMILES string of the molecule is C[N](C)[Sn]([I])([I])[N](C)C. The van der Waals surface area contributed by atoms with E-state index in [1.54, 1.807) is 0 Å². The number of hydrogen-bond donors (Lipinski definition) is 0. The number of nitrogens with zero attached hydrogens (tertiary/aromatic N) is 2. The molecule has 0 fully saturated rings. The third kappa shape index (κ3) is 3.39. The first-order chi connectivity index (χ1) is 3.89. The van der Waals surface area contributed by atoms with Crippen molar-refractivity contribution in [2.45, 2.75) is 0 Å². The van der Waals surface area contributed by atoms with Gasteiger partial charge in [-0.15, -0.1) is 0 Å². The molecule has 0 heterocycles. The van der Waals surface area contributed by atoms with Gasteiger partial charge in [-0.05, 0) is 0 Å². The second-order valence-electron chi connectivity index (χ2n) is 2.30. The zero-order valence-electron chi connectivity index (χ0n) is 6.15. The van der Waals surface area contributed by atoms with Crippen LogP contribution in [0.2, 0.25) is 0 Å². The molecule has 0 amide bonds. The summed E-state index contributed by atoms with van der Waals surface area (Å²) in [5.41, 5.74) is 0. The van der Waals surface area contributed by atoms with E-state index in [4.69, 9.17) is 0 Å².